The second-order valence-corrected chi connectivity index (χ2v) is 7.10. The molecule has 0 saturated carbocycles. The molecule has 9 heteroatoms. The van der Waals surface area contributed by atoms with Crippen LogP contribution in [0.5, 0.6) is 0 Å². The van der Waals surface area contributed by atoms with Crippen LogP contribution in [-0.4, -0.2) is 65.0 Å². The number of carbonyl (C=O) groups excluding carboxylic acids is 2. The van der Waals surface area contributed by atoms with E-state index in [0.717, 1.165) is 0 Å². The molecular weight excluding hydrogens is 340 g/mol. The third-order valence-electron chi connectivity index (χ3n) is 3.73. The Balaban J connectivity index is 1.80. The molecule has 0 unspecified atom stereocenters. The summed E-state index contributed by atoms with van der Waals surface area (Å²) in [6.45, 7) is 7.70. The van der Waals surface area contributed by atoms with E-state index in [1.165, 1.54) is 18.2 Å². The molecule has 0 bridgehead atoms. The summed E-state index contributed by atoms with van der Waals surface area (Å²) in [6, 6.07) is 5.81. The first-order chi connectivity index (χ1) is 12.1. The standard InChI is InChI=1S/C17H24N4O5/c1-17(2,3)26-16(23)20-9-7-19(8-10-20)12-15(22)18-13-5-4-6-14(11-13)21(24)25/h4-6,11H,7-10,12H2,1-3H3,(H,18,22). The van der Waals surface area contributed by atoms with E-state index in [9.17, 15) is 19.7 Å². The van der Waals surface area contributed by atoms with Crippen LogP contribution in [0.15, 0.2) is 24.3 Å². The van der Waals surface area contributed by atoms with Gasteiger partial charge < -0.3 is 15.0 Å². The molecular formula is C17H24N4O5. The van der Waals surface area contributed by atoms with Gasteiger partial charge >= 0.3 is 6.09 Å². The van der Waals surface area contributed by atoms with Crippen LogP contribution in [-0.2, 0) is 9.53 Å². The minimum atomic E-state index is -0.535. The molecule has 0 radical (unpaired) electrons. The van der Waals surface area contributed by atoms with E-state index in [4.69, 9.17) is 4.74 Å². The fraction of sp³-hybridized carbons (Fsp3) is 0.529. The molecule has 1 heterocycles. The Labute approximate surface area is 152 Å². The number of hydrogen-bond acceptors (Lipinski definition) is 6. The molecule has 26 heavy (non-hydrogen) atoms. The van der Waals surface area contributed by atoms with E-state index in [2.05, 4.69) is 5.32 Å². The van der Waals surface area contributed by atoms with Gasteiger partial charge in [0.25, 0.3) is 5.69 Å². The summed E-state index contributed by atoms with van der Waals surface area (Å²) in [7, 11) is 0. The van der Waals surface area contributed by atoms with Crippen LogP contribution >= 0.6 is 0 Å². The van der Waals surface area contributed by atoms with Crippen LogP contribution in [0.1, 0.15) is 20.8 Å². The summed E-state index contributed by atoms with van der Waals surface area (Å²) >= 11 is 0. The first kappa shape index (κ1) is 19.6. The minimum absolute atomic E-state index is 0.0752. The number of non-ortho nitro benzene ring substituents is 1. The first-order valence-corrected chi connectivity index (χ1v) is 8.38. The number of nitrogens with zero attached hydrogens (tertiary/aromatic N) is 3. The molecule has 1 aromatic carbocycles. The zero-order valence-corrected chi connectivity index (χ0v) is 15.2. The minimum Gasteiger partial charge on any atom is -0.444 e. The van der Waals surface area contributed by atoms with Crippen molar-refractivity contribution in [2.24, 2.45) is 0 Å². The zero-order chi connectivity index (χ0) is 19.3. The third kappa shape index (κ3) is 5.99. The normalized spacial score (nSPS) is 15.4. The number of ether oxygens (including phenoxy) is 1. The van der Waals surface area contributed by atoms with Gasteiger partial charge in [-0.05, 0) is 26.8 Å². The number of rotatable bonds is 4. The molecule has 2 amide bonds. The largest absolute Gasteiger partial charge is 0.444 e. The fourth-order valence-electron chi connectivity index (χ4n) is 2.52. The van der Waals surface area contributed by atoms with E-state index in [1.54, 1.807) is 11.0 Å². The van der Waals surface area contributed by atoms with Gasteiger partial charge in [0.1, 0.15) is 5.60 Å². The molecule has 1 fully saturated rings. The van der Waals surface area contributed by atoms with Crippen molar-refractivity contribution in [1.29, 1.82) is 0 Å². The lowest BCUT2D eigenvalue weighted by atomic mass is 10.2. The molecule has 0 spiro atoms. The maximum absolute atomic E-state index is 12.1. The molecule has 1 aromatic rings. The molecule has 2 rings (SSSR count). The Morgan fingerprint density at radius 1 is 1.23 bits per heavy atom. The Morgan fingerprint density at radius 2 is 1.88 bits per heavy atom. The van der Waals surface area contributed by atoms with E-state index < -0.39 is 10.5 Å². The average Bonchev–Trinajstić information content (AvgIpc) is 2.54. The predicted octanol–water partition coefficient (Wildman–Crippen LogP) is 2.09. The van der Waals surface area contributed by atoms with Crippen LogP contribution < -0.4 is 5.32 Å². The van der Waals surface area contributed by atoms with E-state index in [-0.39, 0.29) is 24.2 Å². The second kappa shape index (κ2) is 8.13. The smallest absolute Gasteiger partial charge is 0.410 e. The lowest BCUT2D eigenvalue weighted by Crippen LogP contribution is -2.51. The van der Waals surface area contributed by atoms with Crippen molar-refractivity contribution in [2.45, 2.75) is 26.4 Å². The molecule has 1 aliphatic rings. The summed E-state index contributed by atoms with van der Waals surface area (Å²) in [4.78, 5) is 38.0. The predicted molar refractivity (Wildman–Crippen MR) is 96.0 cm³/mol. The second-order valence-electron chi connectivity index (χ2n) is 7.10. The molecule has 0 aliphatic carbocycles. The Bertz CT molecular complexity index is 678. The maximum Gasteiger partial charge on any atom is 0.410 e. The van der Waals surface area contributed by atoms with Crippen molar-refractivity contribution in [1.82, 2.24) is 9.80 Å². The van der Waals surface area contributed by atoms with E-state index in [0.29, 0.717) is 31.9 Å². The Hall–Kier alpha value is -2.68. The van der Waals surface area contributed by atoms with Crippen LogP contribution in [0.25, 0.3) is 0 Å². The van der Waals surface area contributed by atoms with Gasteiger partial charge in [0, 0.05) is 44.0 Å². The van der Waals surface area contributed by atoms with Crippen molar-refractivity contribution in [3.8, 4) is 0 Å². The average molecular weight is 364 g/mol. The number of anilines is 1. The number of amides is 2. The highest BCUT2D eigenvalue weighted by atomic mass is 16.6. The number of benzene rings is 1. The molecule has 0 atom stereocenters. The summed E-state index contributed by atoms with van der Waals surface area (Å²) < 4.78 is 5.34. The van der Waals surface area contributed by atoms with Gasteiger partial charge in [-0.3, -0.25) is 19.8 Å². The topological polar surface area (TPSA) is 105 Å². The SMILES string of the molecule is CC(C)(C)OC(=O)N1CCN(CC(=O)Nc2cccc([N+](=O)[O-])c2)CC1. The highest BCUT2D eigenvalue weighted by molar-refractivity contribution is 5.92. The third-order valence-corrected chi connectivity index (χ3v) is 3.73. The van der Waals surface area contributed by atoms with E-state index >= 15 is 0 Å². The summed E-state index contributed by atoms with van der Waals surface area (Å²) in [6.07, 6.45) is -0.349. The quantitative estimate of drug-likeness (QED) is 0.648. The lowest BCUT2D eigenvalue weighted by Gasteiger charge is -2.35. The number of nitrogens with one attached hydrogen (secondary N) is 1. The maximum atomic E-state index is 12.1. The Morgan fingerprint density at radius 3 is 2.46 bits per heavy atom. The monoisotopic (exact) mass is 364 g/mol. The number of carbonyl (C=O) groups is 2. The molecule has 142 valence electrons. The number of nitro benzene ring substituents is 1. The Kier molecular flexibility index (Phi) is 6.14. The van der Waals surface area contributed by atoms with Gasteiger partial charge in [-0.15, -0.1) is 0 Å². The first-order valence-electron chi connectivity index (χ1n) is 8.38. The zero-order valence-electron chi connectivity index (χ0n) is 15.2. The van der Waals surface area contributed by atoms with E-state index in [1.807, 2.05) is 25.7 Å². The highest BCUT2D eigenvalue weighted by Crippen LogP contribution is 2.17. The molecule has 1 N–H and O–H groups in total. The van der Waals surface area contributed by atoms with Crippen LogP contribution in [0.2, 0.25) is 0 Å². The van der Waals surface area contributed by atoms with Gasteiger partial charge in [0.15, 0.2) is 0 Å². The molecule has 1 aliphatic heterocycles. The van der Waals surface area contributed by atoms with Crippen molar-refractivity contribution in [2.75, 3.05) is 38.0 Å². The van der Waals surface area contributed by atoms with Crippen molar-refractivity contribution < 1.29 is 19.2 Å². The molecule has 0 aromatic heterocycles. The van der Waals surface area contributed by atoms with Gasteiger partial charge in [-0.2, -0.15) is 0 Å². The summed E-state index contributed by atoms with van der Waals surface area (Å²) in [5.41, 5.74) is -0.225. The molecule has 1 saturated heterocycles. The van der Waals surface area contributed by atoms with Gasteiger partial charge in [-0.1, -0.05) is 6.07 Å². The van der Waals surface area contributed by atoms with Gasteiger partial charge in [0.2, 0.25) is 5.91 Å². The van der Waals surface area contributed by atoms with Gasteiger partial charge in [-0.25, -0.2) is 4.79 Å². The highest BCUT2D eigenvalue weighted by Gasteiger charge is 2.26. The van der Waals surface area contributed by atoms with Gasteiger partial charge in [0.05, 0.1) is 11.5 Å². The van der Waals surface area contributed by atoms with Crippen molar-refractivity contribution >= 4 is 23.4 Å². The fourth-order valence-corrected chi connectivity index (χ4v) is 2.52. The number of nitro groups is 1. The molecule has 9 nitrogen and oxygen atoms in total. The van der Waals surface area contributed by atoms with Crippen molar-refractivity contribution in [3.63, 3.8) is 0 Å². The van der Waals surface area contributed by atoms with Crippen LogP contribution in [0, 0.1) is 10.1 Å². The van der Waals surface area contributed by atoms with Crippen LogP contribution in [0.4, 0.5) is 16.2 Å². The van der Waals surface area contributed by atoms with Crippen molar-refractivity contribution in [3.05, 3.63) is 34.4 Å². The summed E-state index contributed by atoms with van der Waals surface area (Å²) in [5, 5.41) is 13.4. The lowest BCUT2D eigenvalue weighted by molar-refractivity contribution is -0.384. The number of hydrogen-bond donors (Lipinski definition) is 1. The summed E-state index contributed by atoms with van der Waals surface area (Å²) in [5.74, 6) is -0.254. The van der Waals surface area contributed by atoms with Crippen LogP contribution in [0.3, 0.4) is 0 Å². The number of piperazine rings is 1.